The third-order valence-corrected chi connectivity index (χ3v) is 4.47. The minimum absolute atomic E-state index is 0.155. The predicted octanol–water partition coefficient (Wildman–Crippen LogP) is 2.50. The van der Waals surface area contributed by atoms with Gasteiger partial charge >= 0.3 is 5.97 Å². The van der Waals surface area contributed by atoms with Gasteiger partial charge in [-0.05, 0) is 42.8 Å². The van der Waals surface area contributed by atoms with Gasteiger partial charge < -0.3 is 19.3 Å². The number of nitrogens with zero attached hydrogens (tertiary/aromatic N) is 2. The van der Waals surface area contributed by atoms with Gasteiger partial charge in [-0.15, -0.1) is 0 Å². The number of ether oxygens (including phenoxy) is 1. The molecule has 1 heterocycles. The lowest BCUT2D eigenvalue weighted by Gasteiger charge is -2.31. The van der Waals surface area contributed by atoms with Gasteiger partial charge in [0.05, 0.1) is 25.7 Å². The standard InChI is InChI=1S/C20H26N2O4/c1-4-17(14-23)22(13-15(2)20(25)26-3)19(24)16-7-9-18(10-8-16)21-11-5-6-12-21/h5-12,15,17,23H,4,13-14H2,1-3H3. The van der Waals surface area contributed by atoms with E-state index >= 15 is 0 Å². The minimum Gasteiger partial charge on any atom is -0.469 e. The number of aromatic nitrogens is 1. The molecule has 0 saturated carbocycles. The van der Waals surface area contributed by atoms with E-state index in [-0.39, 0.29) is 31.1 Å². The van der Waals surface area contributed by atoms with Gasteiger partial charge in [-0.25, -0.2) is 0 Å². The summed E-state index contributed by atoms with van der Waals surface area (Å²) < 4.78 is 6.71. The molecule has 6 nitrogen and oxygen atoms in total. The molecule has 0 aliphatic rings. The van der Waals surface area contributed by atoms with Crippen molar-refractivity contribution in [3.8, 4) is 5.69 Å². The Hall–Kier alpha value is -2.60. The zero-order chi connectivity index (χ0) is 19.1. The van der Waals surface area contributed by atoms with E-state index < -0.39 is 5.92 Å². The van der Waals surface area contributed by atoms with Crippen LogP contribution in [0.1, 0.15) is 30.6 Å². The summed E-state index contributed by atoms with van der Waals surface area (Å²) in [6, 6.07) is 10.8. The van der Waals surface area contributed by atoms with Crippen molar-refractivity contribution in [2.24, 2.45) is 5.92 Å². The first-order valence-corrected chi connectivity index (χ1v) is 8.74. The fourth-order valence-electron chi connectivity index (χ4n) is 2.87. The SMILES string of the molecule is CCC(CO)N(CC(C)C(=O)OC)C(=O)c1ccc(-n2cccc2)cc1. The molecular weight excluding hydrogens is 332 g/mol. The quantitative estimate of drug-likeness (QED) is 0.736. The topological polar surface area (TPSA) is 71.8 Å². The Bertz CT molecular complexity index is 706. The average molecular weight is 358 g/mol. The molecule has 0 aliphatic heterocycles. The lowest BCUT2D eigenvalue weighted by molar-refractivity contribution is -0.145. The van der Waals surface area contributed by atoms with Crippen LogP contribution in [-0.2, 0) is 9.53 Å². The van der Waals surface area contributed by atoms with E-state index in [9.17, 15) is 14.7 Å². The van der Waals surface area contributed by atoms with Crippen LogP contribution in [-0.4, -0.2) is 52.8 Å². The van der Waals surface area contributed by atoms with Crippen LogP contribution in [0.5, 0.6) is 0 Å². The first-order valence-electron chi connectivity index (χ1n) is 8.74. The van der Waals surface area contributed by atoms with E-state index in [2.05, 4.69) is 0 Å². The van der Waals surface area contributed by atoms with Crippen molar-refractivity contribution in [1.82, 2.24) is 9.47 Å². The summed E-state index contributed by atoms with van der Waals surface area (Å²) in [6.45, 7) is 3.66. The van der Waals surface area contributed by atoms with Crippen molar-refractivity contribution in [3.05, 3.63) is 54.4 Å². The van der Waals surface area contributed by atoms with Crippen LogP contribution < -0.4 is 0 Å². The number of esters is 1. The van der Waals surface area contributed by atoms with E-state index in [0.29, 0.717) is 12.0 Å². The fourth-order valence-corrected chi connectivity index (χ4v) is 2.87. The Morgan fingerprint density at radius 2 is 1.81 bits per heavy atom. The zero-order valence-corrected chi connectivity index (χ0v) is 15.5. The number of aliphatic hydroxyl groups excluding tert-OH is 1. The maximum absolute atomic E-state index is 13.0. The normalized spacial score (nSPS) is 13.1. The molecule has 140 valence electrons. The number of methoxy groups -OCH3 is 1. The maximum Gasteiger partial charge on any atom is 0.310 e. The minimum atomic E-state index is -0.469. The molecule has 0 saturated heterocycles. The van der Waals surface area contributed by atoms with Crippen LogP contribution in [0.15, 0.2) is 48.8 Å². The second-order valence-corrected chi connectivity index (χ2v) is 6.26. The lowest BCUT2D eigenvalue weighted by Crippen LogP contribution is -2.45. The molecule has 2 unspecified atom stereocenters. The summed E-state index contributed by atoms with van der Waals surface area (Å²) in [5.41, 5.74) is 1.47. The van der Waals surface area contributed by atoms with E-state index in [0.717, 1.165) is 5.69 Å². The highest BCUT2D eigenvalue weighted by molar-refractivity contribution is 5.95. The Kier molecular flexibility index (Phi) is 6.97. The highest BCUT2D eigenvalue weighted by Crippen LogP contribution is 2.16. The van der Waals surface area contributed by atoms with Crippen molar-refractivity contribution in [2.45, 2.75) is 26.3 Å². The number of amides is 1. The third-order valence-electron chi connectivity index (χ3n) is 4.47. The van der Waals surface area contributed by atoms with Crippen molar-refractivity contribution in [2.75, 3.05) is 20.3 Å². The highest BCUT2D eigenvalue weighted by Gasteiger charge is 2.27. The van der Waals surface area contributed by atoms with E-state index in [1.54, 1.807) is 24.0 Å². The number of hydrogen-bond donors (Lipinski definition) is 1. The van der Waals surface area contributed by atoms with Crippen LogP contribution >= 0.6 is 0 Å². The maximum atomic E-state index is 13.0. The smallest absolute Gasteiger partial charge is 0.310 e. The Labute approximate surface area is 154 Å². The lowest BCUT2D eigenvalue weighted by atomic mass is 10.1. The number of hydrogen-bond acceptors (Lipinski definition) is 4. The molecule has 0 fully saturated rings. The second-order valence-electron chi connectivity index (χ2n) is 6.26. The van der Waals surface area contributed by atoms with Gasteiger partial charge in [0.2, 0.25) is 0 Å². The average Bonchev–Trinajstić information content (AvgIpc) is 3.21. The number of rotatable bonds is 8. The summed E-state index contributed by atoms with van der Waals surface area (Å²) >= 11 is 0. The molecule has 0 spiro atoms. The van der Waals surface area contributed by atoms with Crippen molar-refractivity contribution >= 4 is 11.9 Å². The van der Waals surface area contributed by atoms with Gasteiger partial charge in [-0.3, -0.25) is 9.59 Å². The molecule has 6 heteroatoms. The van der Waals surface area contributed by atoms with Gasteiger partial charge in [-0.2, -0.15) is 0 Å². The van der Waals surface area contributed by atoms with E-state index in [4.69, 9.17) is 4.74 Å². The summed E-state index contributed by atoms with van der Waals surface area (Å²) in [5, 5.41) is 9.66. The van der Waals surface area contributed by atoms with Gasteiger partial charge in [0.15, 0.2) is 0 Å². The number of carbonyl (C=O) groups excluding carboxylic acids is 2. The second kappa shape index (κ2) is 9.20. The van der Waals surface area contributed by atoms with Crippen LogP contribution in [0, 0.1) is 5.92 Å². The first-order chi connectivity index (χ1) is 12.5. The molecule has 26 heavy (non-hydrogen) atoms. The molecule has 2 aromatic rings. The summed E-state index contributed by atoms with van der Waals surface area (Å²) in [4.78, 5) is 26.3. The number of aliphatic hydroxyl groups is 1. The first kappa shape index (κ1) is 19.7. The molecule has 1 N–H and O–H groups in total. The molecule has 1 aromatic carbocycles. The Morgan fingerprint density at radius 1 is 1.19 bits per heavy atom. The molecule has 0 radical (unpaired) electrons. The molecule has 2 rings (SSSR count). The monoisotopic (exact) mass is 358 g/mol. The predicted molar refractivity (Wildman–Crippen MR) is 99.2 cm³/mol. The van der Waals surface area contributed by atoms with Crippen LogP contribution in [0.3, 0.4) is 0 Å². The van der Waals surface area contributed by atoms with Gasteiger partial charge in [-0.1, -0.05) is 13.8 Å². The van der Waals surface area contributed by atoms with Crippen molar-refractivity contribution in [3.63, 3.8) is 0 Å². The van der Waals surface area contributed by atoms with E-state index in [1.807, 2.05) is 48.1 Å². The van der Waals surface area contributed by atoms with Gasteiger partial charge in [0.1, 0.15) is 0 Å². The number of benzene rings is 1. The van der Waals surface area contributed by atoms with Gasteiger partial charge in [0.25, 0.3) is 5.91 Å². The highest BCUT2D eigenvalue weighted by atomic mass is 16.5. The molecule has 1 aromatic heterocycles. The molecule has 0 aliphatic carbocycles. The zero-order valence-electron chi connectivity index (χ0n) is 15.5. The molecule has 1 amide bonds. The van der Waals surface area contributed by atoms with Crippen LogP contribution in [0.4, 0.5) is 0 Å². The molecule has 2 atom stereocenters. The van der Waals surface area contributed by atoms with E-state index in [1.165, 1.54) is 7.11 Å². The Balaban J connectivity index is 2.23. The van der Waals surface area contributed by atoms with Gasteiger partial charge in [0, 0.05) is 30.2 Å². The van der Waals surface area contributed by atoms with Crippen molar-refractivity contribution in [1.29, 1.82) is 0 Å². The Morgan fingerprint density at radius 3 is 2.31 bits per heavy atom. The molecular formula is C20H26N2O4. The fraction of sp³-hybridized carbons (Fsp3) is 0.400. The third kappa shape index (κ3) is 4.52. The van der Waals surface area contributed by atoms with Crippen molar-refractivity contribution < 1.29 is 19.4 Å². The summed E-state index contributed by atoms with van der Waals surface area (Å²) in [5.74, 6) is -1.05. The number of carbonyl (C=O) groups is 2. The summed E-state index contributed by atoms with van der Waals surface area (Å²) in [6.07, 6.45) is 4.46. The molecule has 0 bridgehead atoms. The van der Waals surface area contributed by atoms with Crippen LogP contribution in [0.2, 0.25) is 0 Å². The summed E-state index contributed by atoms with van der Waals surface area (Å²) in [7, 11) is 1.33. The largest absolute Gasteiger partial charge is 0.469 e. The van der Waals surface area contributed by atoms with Crippen LogP contribution in [0.25, 0.3) is 5.69 Å².